The van der Waals surface area contributed by atoms with Gasteiger partial charge in [0.15, 0.2) is 23.3 Å². The van der Waals surface area contributed by atoms with E-state index < -0.39 is 5.41 Å². The van der Waals surface area contributed by atoms with E-state index in [1.54, 1.807) is 0 Å². The highest BCUT2D eigenvalue weighted by atomic mass is 15.0. The number of fused-ring (bicyclic) bond motifs is 10. The third kappa shape index (κ3) is 4.76. The van der Waals surface area contributed by atoms with Gasteiger partial charge in [-0.3, -0.25) is 0 Å². The van der Waals surface area contributed by atoms with E-state index in [1.807, 2.05) is 78.9 Å². The Morgan fingerprint density at radius 2 is 0.582 bits per heavy atom. The van der Waals surface area contributed by atoms with Gasteiger partial charge in [0.2, 0.25) is 0 Å². The van der Waals surface area contributed by atoms with Gasteiger partial charge >= 0.3 is 0 Å². The van der Waals surface area contributed by atoms with E-state index >= 15 is 0 Å². The maximum atomic E-state index is 5.49. The van der Waals surface area contributed by atoms with Crippen LogP contribution in [0.4, 0.5) is 0 Å². The normalized spacial score (nSPS) is 12.9. The summed E-state index contributed by atoms with van der Waals surface area (Å²) >= 11 is 0. The average molecular weight is 702 g/mol. The first-order valence-electron chi connectivity index (χ1n) is 18.5. The van der Waals surface area contributed by atoms with Crippen LogP contribution in [0, 0.1) is 0 Å². The summed E-state index contributed by atoms with van der Waals surface area (Å²) in [5.74, 6) is 2.57. The van der Waals surface area contributed by atoms with Crippen LogP contribution >= 0.6 is 0 Å². The zero-order valence-corrected chi connectivity index (χ0v) is 29.6. The Kier molecular flexibility index (Phi) is 7.01. The molecule has 0 saturated carbocycles. The third-order valence-electron chi connectivity index (χ3n) is 11.0. The Hall–Kier alpha value is -7.37. The second-order valence-corrected chi connectivity index (χ2v) is 14.0. The van der Waals surface area contributed by atoms with Crippen molar-refractivity contribution in [3.05, 3.63) is 210 Å². The molecule has 9 aromatic rings. The zero-order valence-electron chi connectivity index (χ0n) is 29.6. The largest absolute Gasteiger partial charge is 0.228 e. The lowest BCUT2D eigenvalue weighted by atomic mass is 9.69. The standard InChI is InChI=1S/C50H31N5/c1-4-16-33(17-5-1)46-51-44(32-28-30-36(31-29-32)49-54-47(34-18-6-2-7-19-34)53-48(55-49)35-20-8-3-9-21-35)43-45(52-46)39-24-12-15-27-42(39)50(43)40-25-13-10-22-37(40)38-23-11-14-26-41(38)50/h1-31H. The fourth-order valence-corrected chi connectivity index (χ4v) is 8.60. The average Bonchev–Trinajstić information content (AvgIpc) is 3.74. The molecule has 0 radical (unpaired) electrons. The van der Waals surface area contributed by atoms with Gasteiger partial charge in [-0.1, -0.05) is 188 Å². The molecule has 5 heteroatoms. The van der Waals surface area contributed by atoms with Crippen LogP contribution in [0.15, 0.2) is 188 Å². The molecule has 2 heterocycles. The number of rotatable bonds is 5. The van der Waals surface area contributed by atoms with Crippen LogP contribution in [0.2, 0.25) is 0 Å². The van der Waals surface area contributed by atoms with Crippen LogP contribution in [-0.4, -0.2) is 24.9 Å². The molecular formula is C50H31N5. The minimum Gasteiger partial charge on any atom is -0.228 e. The minimum absolute atomic E-state index is 0.592. The van der Waals surface area contributed by atoms with Crippen molar-refractivity contribution in [2.45, 2.75) is 5.41 Å². The second kappa shape index (κ2) is 12.4. The van der Waals surface area contributed by atoms with E-state index in [-0.39, 0.29) is 0 Å². The summed E-state index contributed by atoms with van der Waals surface area (Å²) in [6.45, 7) is 0. The molecule has 11 rings (SSSR count). The highest BCUT2D eigenvalue weighted by Gasteiger charge is 2.54. The van der Waals surface area contributed by atoms with Crippen LogP contribution in [0.25, 0.3) is 79.2 Å². The van der Waals surface area contributed by atoms with Crippen LogP contribution < -0.4 is 0 Å². The van der Waals surface area contributed by atoms with Gasteiger partial charge in [0.1, 0.15) is 0 Å². The zero-order chi connectivity index (χ0) is 36.3. The summed E-state index contributed by atoms with van der Waals surface area (Å²) in [7, 11) is 0. The lowest BCUT2D eigenvalue weighted by Gasteiger charge is -2.31. The first-order valence-corrected chi connectivity index (χ1v) is 18.5. The minimum atomic E-state index is -0.592. The predicted molar refractivity (Wildman–Crippen MR) is 219 cm³/mol. The molecular weight excluding hydrogens is 671 g/mol. The maximum Gasteiger partial charge on any atom is 0.164 e. The molecule has 0 aliphatic heterocycles. The Morgan fingerprint density at radius 1 is 0.255 bits per heavy atom. The molecule has 55 heavy (non-hydrogen) atoms. The molecule has 2 aliphatic rings. The molecule has 5 nitrogen and oxygen atoms in total. The van der Waals surface area contributed by atoms with Crippen LogP contribution in [-0.2, 0) is 5.41 Å². The van der Waals surface area contributed by atoms with E-state index in [2.05, 4.69) is 109 Å². The monoisotopic (exact) mass is 701 g/mol. The number of hydrogen-bond acceptors (Lipinski definition) is 5. The number of hydrogen-bond donors (Lipinski definition) is 0. The van der Waals surface area contributed by atoms with Gasteiger partial charge in [0, 0.05) is 38.9 Å². The van der Waals surface area contributed by atoms with E-state index in [0.717, 1.165) is 50.3 Å². The quantitative estimate of drug-likeness (QED) is 0.179. The molecule has 1 spiro atoms. The molecule has 2 aromatic heterocycles. The highest BCUT2D eigenvalue weighted by Crippen LogP contribution is 2.64. The van der Waals surface area contributed by atoms with Crippen LogP contribution in [0.5, 0.6) is 0 Å². The second-order valence-electron chi connectivity index (χ2n) is 14.0. The summed E-state index contributed by atoms with van der Waals surface area (Å²) in [5.41, 5.74) is 14.5. The van der Waals surface area contributed by atoms with Gasteiger partial charge in [-0.05, 0) is 27.8 Å². The Labute approximate surface area is 318 Å². The van der Waals surface area contributed by atoms with Crippen LogP contribution in [0.3, 0.4) is 0 Å². The summed E-state index contributed by atoms with van der Waals surface area (Å²) in [5, 5.41) is 0. The van der Waals surface area contributed by atoms with Gasteiger partial charge in [-0.2, -0.15) is 0 Å². The molecule has 0 unspecified atom stereocenters. The van der Waals surface area contributed by atoms with Gasteiger partial charge in [0.05, 0.1) is 16.8 Å². The Morgan fingerprint density at radius 3 is 1.05 bits per heavy atom. The molecule has 0 saturated heterocycles. The van der Waals surface area contributed by atoms with E-state index in [4.69, 9.17) is 24.9 Å². The highest BCUT2D eigenvalue weighted by molar-refractivity contribution is 5.97. The molecule has 7 aromatic carbocycles. The van der Waals surface area contributed by atoms with Crippen LogP contribution in [0.1, 0.15) is 22.3 Å². The third-order valence-corrected chi connectivity index (χ3v) is 11.0. The van der Waals surface area contributed by atoms with E-state index in [1.165, 1.54) is 27.8 Å². The number of nitrogens with zero attached hydrogens (tertiary/aromatic N) is 5. The molecule has 256 valence electrons. The summed E-state index contributed by atoms with van der Waals surface area (Å²) < 4.78 is 0. The van der Waals surface area contributed by atoms with Crippen molar-refractivity contribution in [2.24, 2.45) is 0 Å². The molecule has 0 N–H and O–H groups in total. The molecule has 0 atom stereocenters. The summed E-state index contributed by atoms with van der Waals surface area (Å²) in [6.07, 6.45) is 0. The van der Waals surface area contributed by atoms with Crippen molar-refractivity contribution in [1.29, 1.82) is 0 Å². The smallest absolute Gasteiger partial charge is 0.164 e. The maximum absolute atomic E-state index is 5.49. The topological polar surface area (TPSA) is 64.5 Å². The van der Waals surface area contributed by atoms with Crippen molar-refractivity contribution in [3.8, 4) is 79.2 Å². The first-order chi connectivity index (χ1) is 27.3. The molecule has 0 bridgehead atoms. The lowest BCUT2D eigenvalue weighted by Crippen LogP contribution is -2.27. The molecule has 0 fully saturated rings. The predicted octanol–water partition coefficient (Wildman–Crippen LogP) is 11.3. The van der Waals surface area contributed by atoms with Gasteiger partial charge in [0.25, 0.3) is 0 Å². The molecule has 0 amide bonds. The van der Waals surface area contributed by atoms with Crippen molar-refractivity contribution in [1.82, 2.24) is 24.9 Å². The number of benzene rings is 7. The fourth-order valence-electron chi connectivity index (χ4n) is 8.60. The fraction of sp³-hybridized carbons (Fsp3) is 0.0200. The van der Waals surface area contributed by atoms with Gasteiger partial charge < -0.3 is 0 Å². The Balaban J connectivity index is 1.15. The van der Waals surface area contributed by atoms with E-state index in [9.17, 15) is 0 Å². The van der Waals surface area contributed by atoms with Gasteiger partial charge in [-0.25, -0.2) is 24.9 Å². The SMILES string of the molecule is c1ccc(-c2nc(-c3ccccc3)nc(-c3ccc(-c4nc(-c5ccccc5)nc5c4C4(c6ccccc6-c6ccccc64)c4ccccc4-5)cc3)n2)cc1. The number of aromatic nitrogens is 5. The summed E-state index contributed by atoms with van der Waals surface area (Å²) in [6, 6.07) is 65.4. The van der Waals surface area contributed by atoms with Gasteiger partial charge in [-0.15, -0.1) is 0 Å². The Bertz CT molecular complexity index is 2800. The van der Waals surface area contributed by atoms with Crippen molar-refractivity contribution in [3.63, 3.8) is 0 Å². The first kappa shape index (κ1) is 31.2. The van der Waals surface area contributed by atoms with Crippen molar-refractivity contribution < 1.29 is 0 Å². The van der Waals surface area contributed by atoms with Crippen molar-refractivity contribution >= 4 is 0 Å². The summed E-state index contributed by atoms with van der Waals surface area (Å²) in [4.78, 5) is 25.8. The lowest BCUT2D eigenvalue weighted by molar-refractivity contribution is 0.788. The molecule has 2 aliphatic carbocycles. The van der Waals surface area contributed by atoms with Crippen molar-refractivity contribution in [2.75, 3.05) is 0 Å². The van der Waals surface area contributed by atoms with E-state index in [0.29, 0.717) is 23.3 Å².